The molecule has 0 fully saturated rings. The summed E-state index contributed by atoms with van der Waals surface area (Å²) in [6.45, 7) is 6.33. The van der Waals surface area contributed by atoms with Crippen LogP contribution in [-0.4, -0.2) is 16.5 Å². The molecule has 0 aliphatic rings. The second-order valence-electron chi connectivity index (χ2n) is 4.20. The van der Waals surface area contributed by atoms with Crippen molar-refractivity contribution >= 4 is 5.82 Å². The van der Waals surface area contributed by atoms with E-state index in [4.69, 9.17) is 4.74 Å². The summed E-state index contributed by atoms with van der Waals surface area (Å²) in [7, 11) is 0. The van der Waals surface area contributed by atoms with Crippen molar-refractivity contribution in [2.24, 2.45) is 0 Å². The van der Waals surface area contributed by atoms with Gasteiger partial charge in [0.25, 0.3) is 0 Å². The van der Waals surface area contributed by atoms with Crippen molar-refractivity contribution in [1.82, 2.24) is 9.97 Å². The highest BCUT2D eigenvalue weighted by molar-refractivity contribution is 5.48. The van der Waals surface area contributed by atoms with Crippen LogP contribution >= 0.6 is 0 Å². The first-order valence-electron chi connectivity index (χ1n) is 6.11. The molecule has 100 valence electrons. The van der Waals surface area contributed by atoms with Crippen molar-refractivity contribution < 1.29 is 9.13 Å². The lowest BCUT2D eigenvalue weighted by Gasteiger charge is -2.11. The van der Waals surface area contributed by atoms with Gasteiger partial charge in [0, 0.05) is 6.54 Å². The molecular weight excluding hydrogens is 245 g/mol. The Morgan fingerprint density at radius 2 is 2.05 bits per heavy atom. The number of aryl methyl sites for hydroxylation is 1. The van der Waals surface area contributed by atoms with Crippen molar-refractivity contribution in [3.63, 3.8) is 0 Å². The number of nitrogens with zero attached hydrogens (tertiary/aromatic N) is 2. The smallest absolute Gasteiger partial charge is 0.227 e. The summed E-state index contributed by atoms with van der Waals surface area (Å²) in [6, 6.07) is 4.60. The minimum atomic E-state index is -0.250. The molecule has 2 aromatic rings. The fraction of sp³-hybridized carbons (Fsp3) is 0.286. The van der Waals surface area contributed by atoms with Crippen LogP contribution in [-0.2, 0) is 0 Å². The molecule has 4 nitrogen and oxygen atoms in total. The van der Waals surface area contributed by atoms with Crippen LogP contribution < -0.4 is 10.1 Å². The summed E-state index contributed by atoms with van der Waals surface area (Å²) in [5.74, 6) is 1.52. The molecule has 0 amide bonds. The van der Waals surface area contributed by atoms with E-state index >= 15 is 0 Å². The number of hydrogen-bond donors (Lipinski definition) is 1. The largest absolute Gasteiger partial charge is 0.439 e. The standard InChI is InChI=1S/C14H16FN3O/c1-4-16-13-10(3)14(18-8-17-13)19-11-5-6-12(15)9(2)7-11/h5-8H,4H2,1-3H3,(H,16,17,18). The van der Waals surface area contributed by atoms with Gasteiger partial charge in [0.05, 0.1) is 5.56 Å². The Labute approximate surface area is 111 Å². The quantitative estimate of drug-likeness (QED) is 0.915. The summed E-state index contributed by atoms with van der Waals surface area (Å²) >= 11 is 0. The number of aromatic nitrogens is 2. The van der Waals surface area contributed by atoms with Crippen LogP contribution in [0.2, 0.25) is 0 Å². The molecule has 0 aliphatic carbocycles. The molecule has 5 heteroatoms. The van der Waals surface area contributed by atoms with Gasteiger partial charge < -0.3 is 10.1 Å². The van der Waals surface area contributed by atoms with Crippen molar-refractivity contribution in [3.8, 4) is 11.6 Å². The van der Waals surface area contributed by atoms with E-state index in [0.29, 0.717) is 17.2 Å². The minimum Gasteiger partial charge on any atom is -0.439 e. The maximum Gasteiger partial charge on any atom is 0.227 e. The van der Waals surface area contributed by atoms with Gasteiger partial charge in [0.15, 0.2) is 0 Å². The summed E-state index contributed by atoms with van der Waals surface area (Å²) in [4.78, 5) is 8.24. The van der Waals surface area contributed by atoms with Crippen LogP contribution in [0.15, 0.2) is 24.5 Å². The number of benzene rings is 1. The van der Waals surface area contributed by atoms with Gasteiger partial charge in [0.1, 0.15) is 23.7 Å². The Morgan fingerprint density at radius 3 is 2.74 bits per heavy atom. The number of ether oxygens (including phenoxy) is 1. The monoisotopic (exact) mass is 261 g/mol. The lowest BCUT2D eigenvalue weighted by Crippen LogP contribution is -2.03. The summed E-state index contributed by atoms with van der Waals surface area (Å²) < 4.78 is 18.9. The zero-order valence-corrected chi connectivity index (χ0v) is 11.2. The molecule has 0 aliphatic heterocycles. The highest BCUT2D eigenvalue weighted by Crippen LogP contribution is 2.26. The van der Waals surface area contributed by atoms with Gasteiger partial charge in [0.2, 0.25) is 5.88 Å². The van der Waals surface area contributed by atoms with Crippen LogP contribution in [0.25, 0.3) is 0 Å². The topological polar surface area (TPSA) is 47.0 Å². The van der Waals surface area contributed by atoms with Crippen molar-refractivity contribution in [2.45, 2.75) is 20.8 Å². The van der Waals surface area contributed by atoms with Crippen LogP contribution in [0.3, 0.4) is 0 Å². The molecule has 0 spiro atoms. The first kappa shape index (κ1) is 13.3. The molecule has 0 unspecified atom stereocenters. The predicted octanol–water partition coefficient (Wildman–Crippen LogP) is 3.46. The number of rotatable bonds is 4. The third kappa shape index (κ3) is 2.99. The van der Waals surface area contributed by atoms with E-state index < -0.39 is 0 Å². The molecule has 1 aromatic carbocycles. The van der Waals surface area contributed by atoms with Gasteiger partial charge in [-0.15, -0.1) is 0 Å². The average molecular weight is 261 g/mol. The zero-order valence-electron chi connectivity index (χ0n) is 11.2. The predicted molar refractivity (Wildman–Crippen MR) is 72.1 cm³/mol. The number of hydrogen-bond acceptors (Lipinski definition) is 4. The average Bonchev–Trinajstić information content (AvgIpc) is 2.39. The van der Waals surface area contributed by atoms with Crippen LogP contribution in [0, 0.1) is 19.7 Å². The van der Waals surface area contributed by atoms with Gasteiger partial charge in [-0.05, 0) is 44.5 Å². The van der Waals surface area contributed by atoms with Gasteiger partial charge in [-0.2, -0.15) is 0 Å². The lowest BCUT2D eigenvalue weighted by atomic mass is 10.2. The van der Waals surface area contributed by atoms with Crippen LogP contribution in [0.5, 0.6) is 11.6 Å². The van der Waals surface area contributed by atoms with Crippen molar-refractivity contribution in [1.29, 1.82) is 0 Å². The van der Waals surface area contributed by atoms with Gasteiger partial charge in [-0.25, -0.2) is 14.4 Å². The molecular formula is C14H16FN3O. The van der Waals surface area contributed by atoms with Gasteiger partial charge in [-0.1, -0.05) is 0 Å². The van der Waals surface area contributed by atoms with E-state index in [-0.39, 0.29) is 5.82 Å². The molecule has 1 aromatic heterocycles. The molecule has 0 radical (unpaired) electrons. The third-order valence-electron chi connectivity index (χ3n) is 2.73. The van der Waals surface area contributed by atoms with E-state index in [1.807, 2.05) is 13.8 Å². The van der Waals surface area contributed by atoms with Gasteiger partial charge in [-0.3, -0.25) is 0 Å². The number of anilines is 1. The number of nitrogens with one attached hydrogen (secondary N) is 1. The lowest BCUT2D eigenvalue weighted by molar-refractivity contribution is 0.455. The highest BCUT2D eigenvalue weighted by Gasteiger charge is 2.09. The highest BCUT2D eigenvalue weighted by atomic mass is 19.1. The van der Waals surface area contributed by atoms with Crippen LogP contribution in [0.4, 0.5) is 10.2 Å². The molecule has 0 saturated carbocycles. The molecule has 1 N–H and O–H groups in total. The first-order chi connectivity index (χ1) is 9.11. The Morgan fingerprint density at radius 1 is 1.26 bits per heavy atom. The molecule has 2 rings (SSSR count). The van der Waals surface area contributed by atoms with Crippen molar-refractivity contribution in [2.75, 3.05) is 11.9 Å². The van der Waals surface area contributed by atoms with E-state index in [9.17, 15) is 4.39 Å². The summed E-state index contributed by atoms with van der Waals surface area (Å²) in [5.41, 5.74) is 1.36. The molecule has 0 saturated heterocycles. The maximum atomic E-state index is 13.2. The maximum absolute atomic E-state index is 13.2. The van der Waals surface area contributed by atoms with E-state index in [2.05, 4.69) is 15.3 Å². The Bertz CT molecular complexity index is 587. The summed E-state index contributed by atoms with van der Waals surface area (Å²) in [5, 5.41) is 3.13. The van der Waals surface area contributed by atoms with Gasteiger partial charge >= 0.3 is 0 Å². The Hall–Kier alpha value is -2.17. The molecule has 19 heavy (non-hydrogen) atoms. The first-order valence-corrected chi connectivity index (χ1v) is 6.11. The molecule has 1 heterocycles. The normalized spacial score (nSPS) is 10.3. The van der Waals surface area contributed by atoms with E-state index in [1.54, 1.807) is 19.1 Å². The Balaban J connectivity index is 2.27. The fourth-order valence-corrected chi connectivity index (χ4v) is 1.67. The second kappa shape index (κ2) is 5.65. The minimum absolute atomic E-state index is 0.250. The molecule has 0 atom stereocenters. The van der Waals surface area contributed by atoms with Crippen LogP contribution in [0.1, 0.15) is 18.1 Å². The number of halogens is 1. The summed E-state index contributed by atoms with van der Waals surface area (Å²) in [6.07, 6.45) is 1.44. The fourth-order valence-electron chi connectivity index (χ4n) is 1.67. The zero-order chi connectivity index (χ0) is 13.8. The van der Waals surface area contributed by atoms with Crippen molar-refractivity contribution in [3.05, 3.63) is 41.5 Å². The Kier molecular flexibility index (Phi) is 3.94. The molecule has 0 bridgehead atoms. The van der Waals surface area contributed by atoms with E-state index in [0.717, 1.165) is 17.9 Å². The van der Waals surface area contributed by atoms with E-state index in [1.165, 1.54) is 12.4 Å². The third-order valence-corrected chi connectivity index (χ3v) is 2.73. The SMILES string of the molecule is CCNc1ncnc(Oc2ccc(F)c(C)c2)c1C. The second-order valence-corrected chi connectivity index (χ2v) is 4.20.